The Kier molecular flexibility index (Phi) is 3.70. The van der Waals surface area contributed by atoms with E-state index in [2.05, 4.69) is 37.5 Å². The predicted octanol–water partition coefficient (Wildman–Crippen LogP) is 1.80. The molecule has 4 heteroatoms. The van der Waals surface area contributed by atoms with Gasteiger partial charge in [0, 0.05) is 30.2 Å². The van der Waals surface area contributed by atoms with Crippen LogP contribution in [0.15, 0.2) is 0 Å². The molecule has 4 nitrogen and oxygen atoms in total. The fraction of sp³-hybridized carbons (Fsp3) is 0.929. The lowest BCUT2D eigenvalue weighted by Crippen LogP contribution is -2.51. The van der Waals surface area contributed by atoms with Gasteiger partial charge in [0.05, 0.1) is 6.54 Å². The lowest BCUT2D eigenvalue weighted by atomic mass is 10.0. The van der Waals surface area contributed by atoms with Gasteiger partial charge in [-0.1, -0.05) is 0 Å². The maximum atomic E-state index is 11.1. The first-order valence-corrected chi connectivity index (χ1v) is 7.03. The molecule has 0 aromatic carbocycles. The van der Waals surface area contributed by atoms with Gasteiger partial charge >= 0.3 is 5.97 Å². The van der Waals surface area contributed by atoms with Crippen molar-refractivity contribution in [3.63, 3.8) is 0 Å². The zero-order valence-corrected chi connectivity index (χ0v) is 12.0. The van der Waals surface area contributed by atoms with E-state index in [1.807, 2.05) is 0 Å². The molecule has 1 aliphatic heterocycles. The Morgan fingerprint density at radius 1 is 1.39 bits per heavy atom. The second-order valence-corrected chi connectivity index (χ2v) is 6.86. The molecule has 2 rings (SSSR count). The van der Waals surface area contributed by atoms with Gasteiger partial charge in [-0.15, -0.1) is 0 Å². The second-order valence-electron chi connectivity index (χ2n) is 6.86. The van der Waals surface area contributed by atoms with Gasteiger partial charge in [-0.25, -0.2) is 0 Å². The predicted molar refractivity (Wildman–Crippen MR) is 71.7 cm³/mol. The number of nitrogens with zero attached hydrogens (tertiary/aromatic N) is 2. The Hall–Kier alpha value is -0.610. The molecule has 2 fully saturated rings. The van der Waals surface area contributed by atoms with E-state index < -0.39 is 5.97 Å². The molecule has 1 saturated carbocycles. The quantitative estimate of drug-likeness (QED) is 0.831. The first kappa shape index (κ1) is 13.8. The Bertz CT molecular complexity index is 320. The molecule has 1 heterocycles. The lowest BCUT2D eigenvalue weighted by molar-refractivity contribution is -0.140. The molecular weight excluding hydrogens is 228 g/mol. The zero-order chi connectivity index (χ0) is 13.5. The third-order valence-electron chi connectivity index (χ3n) is 4.22. The summed E-state index contributed by atoms with van der Waals surface area (Å²) in [5.41, 5.74) is -0.0810. The molecule has 104 valence electrons. The van der Waals surface area contributed by atoms with Gasteiger partial charge in [0.25, 0.3) is 0 Å². The summed E-state index contributed by atoms with van der Waals surface area (Å²) in [6.45, 7) is 9.80. The van der Waals surface area contributed by atoms with Crippen LogP contribution in [0.5, 0.6) is 0 Å². The van der Waals surface area contributed by atoms with Crippen molar-refractivity contribution < 1.29 is 9.90 Å². The molecule has 0 aromatic heterocycles. The van der Waals surface area contributed by atoms with Crippen LogP contribution in [0.25, 0.3) is 0 Å². The minimum atomic E-state index is -0.720. The molecule has 0 spiro atoms. The van der Waals surface area contributed by atoms with Gasteiger partial charge in [0.2, 0.25) is 0 Å². The van der Waals surface area contributed by atoms with Crippen LogP contribution < -0.4 is 0 Å². The molecule has 2 aliphatic rings. The average molecular weight is 254 g/mol. The average Bonchev–Trinajstić information content (AvgIpc) is 2.97. The van der Waals surface area contributed by atoms with Crippen LogP contribution in [0.3, 0.4) is 0 Å². The van der Waals surface area contributed by atoms with E-state index in [1.165, 1.54) is 12.8 Å². The highest BCUT2D eigenvalue weighted by molar-refractivity contribution is 5.69. The van der Waals surface area contributed by atoms with Gasteiger partial charge in [-0.05, 0) is 47.0 Å². The number of carboxylic acid groups (broad SMARTS) is 1. The summed E-state index contributed by atoms with van der Waals surface area (Å²) in [6, 6.07) is 1.76. The normalized spacial score (nSPS) is 30.1. The fourth-order valence-electron chi connectivity index (χ4n) is 3.23. The van der Waals surface area contributed by atoms with Crippen molar-refractivity contribution in [2.75, 3.05) is 13.1 Å². The van der Waals surface area contributed by atoms with Gasteiger partial charge in [0.15, 0.2) is 0 Å². The smallest absolute Gasteiger partial charge is 0.317 e. The summed E-state index contributed by atoms with van der Waals surface area (Å²) in [7, 11) is 0. The Balaban J connectivity index is 2.05. The van der Waals surface area contributed by atoms with Crippen molar-refractivity contribution in [1.29, 1.82) is 0 Å². The number of hydrogen-bond acceptors (Lipinski definition) is 3. The maximum absolute atomic E-state index is 11.1. The number of carboxylic acids is 1. The van der Waals surface area contributed by atoms with Gasteiger partial charge in [-0.2, -0.15) is 0 Å². The molecule has 0 radical (unpaired) electrons. The van der Waals surface area contributed by atoms with E-state index in [9.17, 15) is 4.79 Å². The van der Waals surface area contributed by atoms with E-state index in [0.717, 1.165) is 19.0 Å². The molecule has 1 aliphatic carbocycles. The molecule has 18 heavy (non-hydrogen) atoms. The minimum Gasteiger partial charge on any atom is -0.480 e. The highest BCUT2D eigenvalue weighted by Gasteiger charge is 2.43. The Labute approximate surface area is 110 Å². The lowest BCUT2D eigenvalue weighted by Gasteiger charge is -2.39. The fourth-order valence-corrected chi connectivity index (χ4v) is 3.23. The topological polar surface area (TPSA) is 43.8 Å². The van der Waals surface area contributed by atoms with Gasteiger partial charge in [0.1, 0.15) is 0 Å². The number of rotatable bonds is 4. The Morgan fingerprint density at radius 2 is 2.00 bits per heavy atom. The van der Waals surface area contributed by atoms with Crippen LogP contribution >= 0.6 is 0 Å². The first-order valence-electron chi connectivity index (χ1n) is 7.03. The number of hydrogen-bond donors (Lipinski definition) is 1. The standard InChI is InChI=1S/C14H26N2O2/c1-10-7-12(8-15(10)11-5-6-11)16(9-13(17)18)14(2,3)4/h10-12H,5-9H2,1-4H3,(H,17,18). The van der Waals surface area contributed by atoms with E-state index in [4.69, 9.17) is 5.11 Å². The van der Waals surface area contributed by atoms with Crippen LogP contribution in [-0.2, 0) is 4.79 Å². The minimum absolute atomic E-state index is 0.0810. The monoisotopic (exact) mass is 254 g/mol. The molecule has 1 N–H and O–H groups in total. The van der Waals surface area contributed by atoms with Crippen molar-refractivity contribution in [2.45, 2.75) is 70.6 Å². The number of carbonyl (C=O) groups is 1. The van der Waals surface area contributed by atoms with E-state index in [-0.39, 0.29) is 12.1 Å². The largest absolute Gasteiger partial charge is 0.480 e. The molecule has 0 aromatic rings. The Morgan fingerprint density at radius 3 is 2.44 bits per heavy atom. The summed E-state index contributed by atoms with van der Waals surface area (Å²) in [5, 5.41) is 9.11. The molecule has 1 saturated heterocycles. The molecule has 2 atom stereocenters. The zero-order valence-electron chi connectivity index (χ0n) is 12.0. The molecule has 0 bridgehead atoms. The molecule has 0 amide bonds. The van der Waals surface area contributed by atoms with Crippen LogP contribution in [-0.4, -0.2) is 57.6 Å². The van der Waals surface area contributed by atoms with Crippen molar-refractivity contribution in [3.8, 4) is 0 Å². The van der Waals surface area contributed by atoms with Crippen LogP contribution in [0.1, 0.15) is 47.0 Å². The van der Waals surface area contributed by atoms with E-state index >= 15 is 0 Å². The number of likely N-dealkylation sites (tertiary alicyclic amines) is 1. The molecule has 2 unspecified atom stereocenters. The summed E-state index contributed by atoms with van der Waals surface area (Å²) >= 11 is 0. The summed E-state index contributed by atoms with van der Waals surface area (Å²) in [4.78, 5) is 15.8. The van der Waals surface area contributed by atoms with Crippen molar-refractivity contribution in [1.82, 2.24) is 9.80 Å². The molecular formula is C14H26N2O2. The van der Waals surface area contributed by atoms with Crippen molar-refractivity contribution in [3.05, 3.63) is 0 Å². The van der Waals surface area contributed by atoms with Crippen molar-refractivity contribution in [2.24, 2.45) is 0 Å². The highest BCUT2D eigenvalue weighted by Crippen LogP contribution is 2.36. The second kappa shape index (κ2) is 4.82. The van der Waals surface area contributed by atoms with Crippen LogP contribution in [0.4, 0.5) is 0 Å². The van der Waals surface area contributed by atoms with Gasteiger partial charge < -0.3 is 5.11 Å². The summed E-state index contributed by atoms with van der Waals surface area (Å²) in [6.07, 6.45) is 3.75. The SMILES string of the molecule is CC1CC(N(CC(=O)O)C(C)(C)C)CN1C1CC1. The third kappa shape index (κ3) is 3.04. The van der Waals surface area contributed by atoms with Crippen LogP contribution in [0.2, 0.25) is 0 Å². The first-order chi connectivity index (χ1) is 8.29. The van der Waals surface area contributed by atoms with Gasteiger partial charge in [-0.3, -0.25) is 14.6 Å². The van der Waals surface area contributed by atoms with E-state index in [1.54, 1.807) is 0 Å². The maximum Gasteiger partial charge on any atom is 0.317 e. The number of aliphatic carboxylic acids is 1. The summed E-state index contributed by atoms with van der Waals surface area (Å²) < 4.78 is 0. The van der Waals surface area contributed by atoms with Crippen molar-refractivity contribution >= 4 is 5.97 Å². The van der Waals surface area contributed by atoms with Crippen LogP contribution in [0, 0.1) is 0 Å². The summed E-state index contributed by atoms with van der Waals surface area (Å²) in [5.74, 6) is -0.720. The third-order valence-corrected chi connectivity index (χ3v) is 4.22. The van der Waals surface area contributed by atoms with E-state index in [0.29, 0.717) is 12.1 Å². The highest BCUT2D eigenvalue weighted by atomic mass is 16.4.